The Balaban J connectivity index is 1.99. The van der Waals surface area contributed by atoms with Crippen molar-refractivity contribution >= 4 is 15.9 Å². The molecule has 1 aromatic carbocycles. The molecular weight excluding hydrogens is 290 g/mol. The normalized spacial score (nSPS) is 12.6. The number of hydrogen-bond donors (Lipinski definition) is 1. The van der Waals surface area contributed by atoms with Gasteiger partial charge in [0, 0.05) is 16.9 Å². The van der Waals surface area contributed by atoms with Crippen LogP contribution in [0.5, 0.6) is 0 Å². The van der Waals surface area contributed by atoms with E-state index in [1.807, 2.05) is 12.1 Å². The van der Waals surface area contributed by atoms with Crippen LogP contribution in [0.15, 0.2) is 51.6 Å². The summed E-state index contributed by atoms with van der Waals surface area (Å²) in [6.07, 6.45) is 3.68. The van der Waals surface area contributed by atoms with Gasteiger partial charge in [-0.05, 0) is 42.8 Å². The smallest absolute Gasteiger partial charge is 0.105 e. The lowest BCUT2D eigenvalue weighted by Crippen LogP contribution is -2.32. The van der Waals surface area contributed by atoms with Crippen LogP contribution in [0.3, 0.4) is 0 Å². The van der Waals surface area contributed by atoms with Crippen molar-refractivity contribution in [1.29, 1.82) is 0 Å². The van der Waals surface area contributed by atoms with Gasteiger partial charge in [0.25, 0.3) is 0 Å². The average molecular weight is 308 g/mol. The van der Waals surface area contributed by atoms with E-state index in [1.54, 1.807) is 6.26 Å². The zero-order valence-electron chi connectivity index (χ0n) is 10.5. The summed E-state index contributed by atoms with van der Waals surface area (Å²) in [6.45, 7) is 3.11. The number of hydrogen-bond acceptors (Lipinski definition) is 2. The van der Waals surface area contributed by atoms with E-state index >= 15 is 0 Å². The first-order valence-corrected chi connectivity index (χ1v) is 7.07. The molecule has 0 fully saturated rings. The Bertz CT molecular complexity index is 450. The Labute approximate surface area is 117 Å². The standard InChI is InChI=1S/C15H18BrNO/c1-2-17-14(11-15-4-3-9-18-15)10-12-5-7-13(16)8-6-12/h3-9,14,17H,2,10-11H2,1H3. The topological polar surface area (TPSA) is 25.2 Å². The Hall–Kier alpha value is -1.06. The van der Waals surface area contributed by atoms with Gasteiger partial charge < -0.3 is 9.73 Å². The van der Waals surface area contributed by atoms with Crippen LogP contribution in [0.2, 0.25) is 0 Å². The van der Waals surface area contributed by atoms with Crippen LogP contribution >= 0.6 is 15.9 Å². The highest BCUT2D eigenvalue weighted by Crippen LogP contribution is 2.14. The quantitative estimate of drug-likeness (QED) is 0.878. The molecule has 1 heterocycles. The van der Waals surface area contributed by atoms with Crippen LogP contribution < -0.4 is 5.32 Å². The van der Waals surface area contributed by atoms with Gasteiger partial charge in [-0.3, -0.25) is 0 Å². The van der Waals surface area contributed by atoms with Gasteiger partial charge in [0.15, 0.2) is 0 Å². The number of furan rings is 1. The van der Waals surface area contributed by atoms with Gasteiger partial charge in [-0.2, -0.15) is 0 Å². The molecule has 0 radical (unpaired) electrons. The molecular formula is C15H18BrNO. The molecule has 0 aliphatic rings. The molecule has 1 atom stereocenters. The maximum atomic E-state index is 5.42. The van der Waals surface area contributed by atoms with E-state index in [1.165, 1.54) is 5.56 Å². The van der Waals surface area contributed by atoms with E-state index in [0.717, 1.165) is 29.6 Å². The molecule has 0 spiro atoms. The molecule has 0 bridgehead atoms. The molecule has 0 aliphatic heterocycles. The van der Waals surface area contributed by atoms with Gasteiger partial charge in [0.05, 0.1) is 6.26 Å². The molecule has 2 nitrogen and oxygen atoms in total. The lowest BCUT2D eigenvalue weighted by Gasteiger charge is -2.16. The summed E-state index contributed by atoms with van der Waals surface area (Å²) in [5.41, 5.74) is 1.34. The summed E-state index contributed by atoms with van der Waals surface area (Å²) in [5.74, 6) is 1.04. The molecule has 0 saturated carbocycles. The molecule has 2 aromatic rings. The molecule has 18 heavy (non-hydrogen) atoms. The second kappa shape index (κ2) is 6.76. The van der Waals surface area contributed by atoms with Crippen molar-refractivity contribution in [2.45, 2.75) is 25.8 Å². The van der Waals surface area contributed by atoms with Crippen molar-refractivity contribution in [1.82, 2.24) is 5.32 Å². The van der Waals surface area contributed by atoms with Crippen molar-refractivity contribution in [3.05, 3.63) is 58.5 Å². The summed E-state index contributed by atoms with van der Waals surface area (Å²) in [7, 11) is 0. The molecule has 2 rings (SSSR count). The predicted molar refractivity (Wildman–Crippen MR) is 77.7 cm³/mol. The van der Waals surface area contributed by atoms with Crippen molar-refractivity contribution in [3.63, 3.8) is 0 Å². The second-order valence-electron chi connectivity index (χ2n) is 4.37. The van der Waals surface area contributed by atoms with E-state index in [2.05, 4.69) is 52.4 Å². The highest BCUT2D eigenvalue weighted by atomic mass is 79.9. The largest absolute Gasteiger partial charge is 0.469 e. The molecule has 0 saturated heterocycles. The number of halogens is 1. The van der Waals surface area contributed by atoms with E-state index in [-0.39, 0.29) is 0 Å². The number of nitrogens with one attached hydrogen (secondary N) is 1. The third kappa shape index (κ3) is 4.00. The Morgan fingerprint density at radius 3 is 2.56 bits per heavy atom. The fourth-order valence-corrected chi connectivity index (χ4v) is 2.35. The minimum Gasteiger partial charge on any atom is -0.469 e. The SMILES string of the molecule is CCNC(Cc1ccc(Br)cc1)Cc1ccco1. The van der Waals surface area contributed by atoms with Crippen LogP contribution in [0.4, 0.5) is 0 Å². The summed E-state index contributed by atoms with van der Waals surface area (Å²) >= 11 is 3.46. The molecule has 3 heteroatoms. The van der Waals surface area contributed by atoms with Crippen molar-refractivity contribution < 1.29 is 4.42 Å². The fraction of sp³-hybridized carbons (Fsp3) is 0.333. The lowest BCUT2D eigenvalue weighted by atomic mass is 10.0. The minimum absolute atomic E-state index is 0.419. The summed E-state index contributed by atoms with van der Waals surface area (Å²) in [4.78, 5) is 0. The van der Waals surface area contributed by atoms with E-state index in [4.69, 9.17) is 4.42 Å². The molecule has 96 valence electrons. The third-order valence-corrected chi connectivity index (χ3v) is 3.44. The first-order chi connectivity index (χ1) is 8.78. The summed E-state index contributed by atoms with van der Waals surface area (Å²) in [6, 6.07) is 12.9. The monoisotopic (exact) mass is 307 g/mol. The zero-order chi connectivity index (χ0) is 12.8. The van der Waals surface area contributed by atoms with Crippen LogP contribution in [0, 0.1) is 0 Å². The van der Waals surface area contributed by atoms with E-state index in [0.29, 0.717) is 6.04 Å². The van der Waals surface area contributed by atoms with E-state index in [9.17, 15) is 0 Å². The first-order valence-electron chi connectivity index (χ1n) is 6.28. The molecule has 1 aromatic heterocycles. The van der Waals surface area contributed by atoms with Crippen LogP contribution in [-0.4, -0.2) is 12.6 Å². The maximum absolute atomic E-state index is 5.42. The Morgan fingerprint density at radius 1 is 1.17 bits per heavy atom. The minimum atomic E-state index is 0.419. The van der Waals surface area contributed by atoms with Crippen molar-refractivity contribution in [3.8, 4) is 0 Å². The molecule has 0 amide bonds. The predicted octanol–water partition coefficient (Wildman–Crippen LogP) is 3.81. The van der Waals surface area contributed by atoms with Gasteiger partial charge >= 0.3 is 0 Å². The maximum Gasteiger partial charge on any atom is 0.105 e. The Morgan fingerprint density at radius 2 is 1.94 bits per heavy atom. The zero-order valence-corrected chi connectivity index (χ0v) is 12.1. The number of likely N-dealkylation sites (N-methyl/N-ethyl adjacent to an activating group) is 1. The van der Waals surface area contributed by atoms with Gasteiger partial charge in [0.2, 0.25) is 0 Å². The van der Waals surface area contributed by atoms with Crippen LogP contribution in [-0.2, 0) is 12.8 Å². The number of rotatable bonds is 6. The summed E-state index contributed by atoms with van der Waals surface area (Å²) < 4.78 is 6.54. The molecule has 1 N–H and O–H groups in total. The van der Waals surface area contributed by atoms with Gasteiger partial charge in [-0.25, -0.2) is 0 Å². The van der Waals surface area contributed by atoms with Gasteiger partial charge in [-0.1, -0.05) is 35.0 Å². The number of benzene rings is 1. The highest BCUT2D eigenvalue weighted by molar-refractivity contribution is 9.10. The van der Waals surface area contributed by atoms with Crippen LogP contribution in [0.1, 0.15) is 18.2 Å². The van der Waals surface area contributed by atoms with Gasteiger partial charge in [0.1, 0.15) is 5.76 Å². The Kier molecular flexibility index (Phi) is 5.02. The first kappa shape index (κ1) is 13.4. The van der Waals surface area contributed by atoms with Crippen molar-refractivity contribution in [2.75, 3.05) is 6.54 Å². The van der Waals surface area contributed by atoms with E-state index < -0.39 is 0 Å². The van der Waals surface area contributed by atoms with Crippen molar-refractivity contribution in [2.24, 2.45) is 0 Å². The average Bonchev–Trinajstić information content (AvgIpc) is 2.85. The highest BCUT2D eigenvalue weighted by Gasteiger charge is 2.11. The summed E-state index contributed by atoms with van der Waals surface area (Å²) in [5, 5.41) is 3.51. The molecule has 1 unspecified atom stereocenters. The van der Waals surface area contributed by atoms with Gasteiger partial charge in [-0.15, -0.1) is 0 Å². The fourth-order valence-electron chi connectivity index (χ4n) is 2.08. The lowest BCUT2D eigenvalue weighted by molar-refractivity contribution is 0.444. The molecule has 0 aliphatic carbocycles. The van der Waals surface area contributed by atoms with Crippen LogP contribution in [0.25, 0.3) is 0 Å². The second-order valence-corrected chi connectivity index (χ2v) is 5.28. The third-order valence-electron chi connectivity index (χ3n) is 2.92.